The highest BCUT2D eigenvalue weighted by atomic mass is 16.2. The summed E-state index contributed by atoms with van der Waals surface area (Å²) in [6.07, 6.45) is 6.01. The van der Waals surface area contributed by atoms with E-state index in [9.17, 15) is 9.59 Å². The van der Waals surface area contributed by atoms with Crippen LogP contribution in [0.2, 0.25) is 0 Å². The molecule has 1 aromatic rings. The van der Waals surface area contributed by atoms with Crippen LogP contribution in [-0.2, 0) is 9.59 Å². The average molecular weight is 370 g/mol. The zero-order valence-corrected chi connectivity index (χ0v) is 16.4. The van der Waals surface area contributed by atoms with E-state index in [0.717, 1.165) is 37.9 Å². The zero-order chi connectivity index (χ0) is 19.2. The molecule has 0 radical (unpaired) electrons. The van der Waals surface area contributed by atoms with Crippen LogP contribution < -0.4 is 5.32 Å². The Hall–Kier alpha value is -2.14. The summed E-state index contributed by atoms with van der Waals surface area (Å²) < 4.78 is 0. The Bertz CT molecular complexity index is 663. The van der Waals surface area contributed by atoms with Crippen molar-refractivity contribution in [3.63, 3.8) is 0 Å². The molecule has 2 heterocycles. The van der Waals surface area contributed by atoms with Crippen LogP contribution in [0.5, 0.6) is 0 Å². The van der Waals surface area contributed by atoms with Gasteiger partial charge in [-0.05, 0) is 44.7 Å². The molecule has 3 rings (SSSR count). The van der Waals surface area contributed by atoms with Crippen molar-refractivity contribution in [2.75, 3.05) is 26.2 Å². The van der Waals surface area contributed by atoms with E-state index in [0.29, 0.717) is 19.1 Å². The first-order valence-electron chi connectivity index (χ1n) is 10.1. The molecule has 2 saturated heterocycles. The van der Waals surface area contributed by atoms with Gasteiger partial charge in [0.2, 0.25) is 11.8 Å². The number of piperidine rings is 1. The Balaban J connectivity index is 1.42. The second kappa shape index (κ2) is 9.18. The number of benzene rings is 1. The SMILES string of the molecule is CC(C)N1CCC(NC(=O)C2CCN(C(=O)/C=C/c3ccccc3)CC2)C1. The quantitative estimate of drug-likeness (QED) is 0.812. The lowest BCUT2D eigenvalue weighted by atomic mass is 9.95. The monoisotopic (exact) mass is 369 g/mol. The maximum Gasteiger partial charge on any atom is 0.246 e. The topological polar surface area (TPSA) is 52.7 Å². The molecule has 5 nitrogen and oxygen atoms in total. The lowest BCUT2D eigenvalue weighted by Crippen LogP contribution is -2.46. The molecule has 5 heteroatoms. The van der Waals surface area contributed by atoms with Gasteiger partial charge in [-0.3, -0.25) is 14.5 Å². The minimum Gasteiger partial charge on any atom is -0.352 e. The molecule has 0 bridgehead atoms. The van der Waals surface area contributed by atoms with Gasteiger partial charge < -0.3 is 10.2 Å². The number of hydrogen-bond donors (Lipinski definition) is 1. The molecular weight excluding hydrogens is 338 g/mol. The molecular formula is C22H31N3O2. The second-order valence-electron chi connectivity index (χ2n) is 7.93. The number of amides is 2. The summed E-state index contributed by atoms with van der Waals surface area (Å²) in [6.45, 7) is 7.71. The van der Waals surface area contributed by atoms with Crippen molar-refractivity contribution in [1.29, 1.82) is 0 Å². The highest BCUT2D eigenvalue weighted by Gasteiger charge is 2.30. The highest BCUT2D eigenvalue weighted by molar-refractivity contribution is 5.92. The van der Waals surface area contributed by atoms with Crippen molar-refractivity contribution in [3.8, 4) is 0 Å². The Morgan fingerprint density at radius 2 is 1.78 bits per heavy atom. The van der Waals surface area contributed by atoms with E-state index < -0.39 is 0 Å². The van der Waals surface area contributed by atoms with Gasteiger partial charge in [-0.2, -0.15) is 0 Å². The number of carbonyl (C=O) groups excluding carboxylic acids is 2. The fourth-order valence-electron chi connectivity index (χ4n) is 3.89. The van der Waals surface area contributed by atoms with Gasteiger partial charge in [0.1, 0.15) is 0 Å². The van der Waals surface area contributed by atoms with Crippen LogP contribution in [0.4, 0.5) is 0 Å². The molecule has 2 aliphatic heterocycles. The Kier molecular flexibility index (Phi) is 6.67. The molecule has 0 spiro atoms. The molecule has 1 N–H and O–H groups in total. The predicted octanol–water partition coefficient (Wildman–Crippen LogP) is 2.54. The number of nitrogens with one attached hydrogen (secondary N) is 1. The van der Waals surface area contributed by atoms with Gasteiger partial charge in [-0.15, -0.1) is 0 Å². The first-order valence-corrected chi connectivity index (χ1v) is 10.1. The predicted molar refractivity (Wildman–Crippen MR) is 108 cm³/mol. The lowest BCUT2D eigenvalue weighted by molar-refractivity contribution is -0.132. The number of rotatable bonds is 5. The molecule has 2 aliphatic rings. The summed E-state index contributed by atoms with van der Waals surface area (Å²) in [4.78, 5) is 29.2. The van der Waals surface area contributed by atoms with Gasteiger partial charge in [0.05, 0.1) is 0 Å². The number of carbonyl (C=O) groups is 2. The van der Waals surface area contributed by atoms with Gasteiger partial charge in [0, 0.05) is 50.3 Å². The zero-order valence-electron chi connectivity index (χ0n) is 16.4. The summed E-state index contributed by atoms with van der Waals surface area (Å²) in [6, 6.07) is 10.6. The molecule has 146 valence electrons. The number of likely N-dealkylation sites (tertiary alicyclic amines) is 2. The Morgan fingerprint density at radius 3 is 2.41 bits per heavy atom. The standard InChI is InChI=1S/C22H31N3O2/c1-17(2)25-15-12-20(16-25)23-22(27)19-10-13-24(14-11-19)21(26)9-8-18-6-4-3-5-7-18/h3-9,17,19-20H,10-16H2,1-2H3,(H,23,27)/b9-8+. The van der Waals surface area contributed by atoms with E-state index in [1.165, 1.54) is 0 Å². The van der Waals surface area contributed by atoms with E-state index in [1.807, 2.05) is 41.3 Å². The molecule has 2 amide bonds. The summed E-state index contributed by atoms with van der Waals surface area (Å²) in [5.41, 5.74) is 1.02. The largest absolute Gasteiger partial charge is 0.352 e. The van der Waals surface area contributed by atoms with Crippen LogP contribution in [0, 0.1) is 5.92 Å². The molecule has 1 atom stereocenters. The van der Waals surface area contributed by atoms with Crippen LogP contribution in [0.3, 0.4) is 0 Å². The summed E-state index contributed by atoms with van der Waals surface area (Å²) in [5, 5.41) is 3.23. The third-order valence-electron chi connectivity index (χ3n) is 5.69. The van der Waals surface area contributed by atoms with Crippen LogP contribution in [0.25, 0.3) is 6.08 Å². The molecule has 1 unspecified atom stereocenters. The molecule has 0 saturated carbocycles. The van der Waals surface area contributed by atoms with Crippen LogP contribution in [0.15, 0.2) is 36.4 Å². The van der Waals surface area contributed by atoms with Crippen LogP contribution in [-0.4, -0.2) is 59.9 Å². The van der Waals surface area contributed by atoms with Crippen LogP contribution >= 0.6 is 0 Å². The second-order valence-corrected chi connectivity index (χ2v) is 7.93. The van der Waals surface area contributed by atoms with E-state index in [2.05, 4.69) is 24.1 Å². The summed E-state index contributed by atoms with van der Waals surface area (Å²) in [5.74, 6) is 0.221. The van der Waals surface area contributed by atoms with E-state index in [1.54, 1.807) is 6.08 Å². The summed E-state index contributed by atoms with van der Waals surface area (Å²) >= 11 is 0. The van der Waals surface area contributed by atoms with Crippen LogP contribution in [0.1, 0.15) is 38.7 Å². The maximum atomic E-state index is 12.6. The first kappa shape index (κ1) is 19.6. The third kappa shape index (κ3) is 5.42. The highest BCUT2D eigenvalue weighted by Crippen LogP contribution is 2.19. The molecule has 0 aromatic heterocycles. The molecule has 27 heavy (non-hydrogen) atoms. The van der Waals surface area contributed by atoms with Gasteiger partial charge in [0.25, 0.3) is 0 Å². The van der Waals surface area contributed by atoms with Crippen molar-refractivity contribution in [3.05, 3.63) is 42.0 Å². The smallest absolute Gasteiger partial charge is 0.246 e. The Morgan fingerprint density at radius 1 is 1.07 bits per heavy atom. The number of hydrogen-bond acceptors (Lipinski definition) is 3. The molecule has 1 aromatic carbocycles. The van der Waals surface area contributed by atoms with E-state index >= 15 is 0 Å². The summed E-state index contributed by atoms with van der Waals surface area (Å²) in [7, 11) is 0. The van der Waals surface area contributed by atoms with Crippen molar-refractivity contribution in [1.82, 2.24) is 15.1 Å². The maximum absolute atomic E-state index is 12.6. The van der Waals surface area contributed by atoms with E-state index in [4.69, 9.17) is 0 Å². The van der Waals surface area contributed by atoms with Gasteiger partial charge in [-0.1, -0.05) is 30.3 Å². The van der Waals surface area contributed by atoms with E-state index in [-0.39, 0.29) is 23.8 Å². The van der Waals surface area contributed by atoms with Crippen molar-refractivity contribution in [2.24, 2.45) is 5.92 Å². The fraction of sp³-hybridized carbons (Fsp3) is 0.545. The normalized spacial score (nSPS) is 21.9. The molecule has 2 fully saturated rings. The van der Waals surface area contributed by atoms with Gasteiger partial charge >= 0.3 is 0 Å². The lowest BCUT2D eigenvalue weighted by Gasteiger charge is -2.31. The average Bonchev–Trinajstić information content (AvgIpc) is 3.16. The first-order chi connectivity index (χ1) is 13.0. The Labute approximate surface area is 162 Å². The van der Waals surface area contributed by atoms with Gasteiger partial charge in [-0.25, -0.2) is 0 Å². The minimum atomic E-state index is 0.0280. The number of nitrogens with zero attached hydrogens (tertiary/aromatic N) is 2. The third-order valence-corrected chi connectivity index (χ3v) is 5.69. The minimum absolute atomic E-state index is 0.0280. The van der Waals surface area contributed by atoms with Crippen molar-refractivity contribution >= 4 is 17.9 Å². The van der Waals surface area contributed by atoms with Crippen molar-refractivity contribution in [2.45, 2.75) is 45.2 Å². The van der Waals surface area contributed by atoms with Crippen molar-refractivity contribution < 1.29 is 9.59 Å². The fourth-order valence-corrected chi connectivity index (χ4v) is 3.89. The molecule has 0 aliphatic carbocycles. The van der Waals surface area contributed by atoms with Gasteiger partial charge in [0.15, 0.2) is 0 Å².